The predicted molar refractivity (Wildman–Crippen MR) is 91.0 cm³/mol. The number of rotatable bonds is 5. The molecule has 4 heteroatoms. The van der Waals surface area contributed by atoms with Gasteiger partial charge in [0.05, 0.1) is 6.04 Å². The summed E-state index contributed by atoms with van der Waals surface area (Å²) in [4.78, 5) is 3.90. The van der Waals surface area contributed by atoms with Gasteiger partial charge in [-0.15, -0.1) is 22.7 Å². The molecule has 0 aliphatic heterocycles. The average molecular weight is 319 g/mol. The van der Waals surface area contributed by atoms with Crippen molar-refractivity contribution >= 4 is 32.8 Å². The third-order valence-corrected chi connectivity index (χ3v) is 5.67. The fraction of sp³-hybridized carbons (Fsp3) is 0.294. The highest BCUT2D eigenvalue weighted by Gasteiger charge is 2.18. The largest absolute Gasteiger partial charge is 0.305 e. The first-order valence-electron chi connectivity index (χ1n) is 7.16. The minimum atomic E-state index is -0.170. The zero-order chi connectivity index (χ0) is 14.8. The molecule has 0 radical (unpaired) electrons. The number of halogens is 1. The molecule has 2 heterocycles. The van der Waals surface area contributed by atoms with E-state index in [1.165, 1.54) is 20.7 Å². The van der Waals surface area contributed by atoms with E-state index in [9.17, 15) is 4.39 Å². The van der Waals surface area contributed by atoms with E-state index >= 15 is 0 Å². The summed E-state index contributed by atoms with van der Waals surface area (Å²) < 4.78 is 14.5. The molecule has 1 atom stereocenters. The molecule has 1 nitrogen and oxygen atoms in total. The normalized spacial score (nSPS) is 12.9. The van der Waals surface area contributed by atoms with Crippen molar-refractivity contribution in [1.82, 2.24) is 5.32 Å². The molecular weight excluding hydrogens is 301 g/mol. The topological polar surface area (TPSA) is 12.0 Å². The van der Waals surface area contributed by atoms with Crippen LogP contribution in [0.15, 0.2) is 36.4 Å². The van der Waals surface area contributed by atoms with Crippen molar-refractivity contribution in [2.75, 3.05) is 6.54 Å². The van der Waals surface area contributed by atoms with Gasteiger partial charge in [-0.3, -0.25) is 0 Å². The molecule has 0 aliphatic carbocycles. The van der Waals surface area contributed by atoms with Gasteiger partial charge in [0.1, 0.15) is 5.82 Å². The van der Waals surface area contributed by atoms with Crippen molar-refractivity contribution in [3.63, 3.8) is 0 Å². The van der Waals surface area contributed by atoms with Crippen LogP contribution in [0.4, 0.5) is 4.39 Å². The highest BCUT2D eigenvalue weighted by Crippen LogP contribution is 2.36. The third-order valence-electron chi connectivity index (χ3n) is 3.43. The number of thiophene rings is 2. The molecule has 1 N–H and O–H groups in total. The Kier molecular flexibility index (Phi) is 4.38. The smallest absolute Gasteiger partial charge is 0.123 e. The molecule has 1 aromatic carbocycles. The van der Waals surface area contributed by atoms with Gasteiger partial charge in [0, 0.05) is 19.3 Å². The van der Waals surface area contributed by atoms with E-state index in [-0.39, 0.29) is 11.9 Å². The number of fused-ring (bicyclic) bond motifs is 1. The Hall–Kier alpha value is -1.23. The summed E-state index contributed by atoms with van der Waals surface area (Å²) in [6, 6.07) is 11.7. The van der Waals surface area contributed by atoms with Gasteiger partial charge >= 0.3 is 0 Å². The van der Waals surface area contributed by atoms with Crippen LogP contribution in [-0.2, 0) is 0 Å². The molecule has 0 bridgehead atoms. The first-order chi connectivity index (χ1) is 10.2. The van der Waals surface area contributed by atoms with Crippen LogP contribution >= 0.6 is 22.7 Å². The lowest BCUT2D eigenvalue weighted by Gasteiger charge is -2.15. The van der Waals surface area contributed by atoms with Crippen LogP contribution < -0.4 is 5.32 Å². The van der Waals surface area contributed by atoms with Crippen molar-refractivity contribution in [2.45, 2.75) is 26.3 Å². The van der Waals surface area contributed by atoms with Crippen LogP contribution in [0.5, 0.6) is 0 Å². The van der Waals surface area contributed by atoms with Crippen LogP contribution in [0.3, 0.4) is 0 Å². The minimum absolute atomic E-state index is 0.170. The van der Waals surface area contributed by atoms with Gasteiger partial charge in [-0.2, -0.15) is 0 Å². The Bertz CT molecular complexity index is 744. The predicted octanol–water partition coefficient (Wildman–Crippen LogP) is 5.50. The van der Waals surface area contributed by atoms with Crippen LogP contribution in [0.2, 0.25) is 0 Å². The number of aryl methyl sites for hydroxylation is 1. The number of hydrogen-bond donors (Lipinski definition) is 1. The number of nitrogens with one attached hydrogen (secondary N) is 1. The molecule has 110 valence electrons. The van der Waals surface area contributed by atoms with Gasteiger partial charge in [0.25, 0.3) is 0 Å². The van der Waals surface area contributed by atoms with Gasteiger partial charge in [-0.05, 0) is 61.7 Å². The molecule has 0 fully saturated rings. The van der Waals surface area contributed by atoms with Gasteiger partial charge < -0.3 is 5.32 Å². The van der Waals surface area contributed by atoms with Crippen molar-refractivity contribution in [3.05, 3.63) is 56.8 Å². The fourth-order valence-corrected chi connectivity index (χ4v) is 4.60. The first-order valence-corrected chi connectivity index (χ1v) is 8.79. The standard InChI is InChI=1S/C17H18FNS2/c1-3-8-19-17(15-6-4-11(2)20-15)16-10-12-9-13(18)5-7-14(12)21-16/h4-7,9-10,17,19H,3,8H2,1-2H3. The second-order valence-corrected chi connectivity index (χ2v) is 7.60. The summed E-state index contributed by atoms with van der Waals surface area (Å²) in [5.74, 6) is -0.170. The van der Waals surface area contributed by atoms with E-state index in [2.05, 4.69) is 37.4 Å². The Balaban J connectivity index is 2.00. The Morgan fingerprint density at radius 1 is 1.10 bits per heavy atom. The maximum Gasteiger partial charge on any atom is 0.123 e. The summed E-state index contributed by atoms with van der Waals surface area (Å²) in [5, 5.41) is 4.61. The molecule has 0 amide bonds. The quantitative estimate of drug-likeness (QED) is 0.655. The van der Waals surface area contributed by atoms with Gasteiger partial charge in [-0.1, -0.05) is 6.92 Å². The summed E-state index contributed by atoms with van der Waals surface area (Å²) in [7, 11) is 0. The molecule has 0 saturated carbocycles. The third kappa shape index (κ3) is 3.18. The second-order valence-electron chi connectivity index (χ2n) is 5.17. The maximum absolute atomic E-state index is 13.4. The molecule has 3 aromatic rings. The Morgan fingerprint density at radius 2 is 1.95 bits per heavy atom. The molecular formula is C17H18FNS2. The number of benzene rings is 1. The highest BCUT2D eigenvalue weighted by atomic mass is 32.1. The molecule has 2 aromatic heterocycles. The van der Waals surface area contributed by atoms with Crippen LogP contribution in [0.25, 0.3) is 10.1 Å². The van der Waals surface area contributed by atoms with Gasteiger partial charge in [-0.25, -0.2) is 4.39 Å². The summed E-state index contributed by atoms with van der Waals surface area (Å²) >= 11 is 3.57. The van der Waals surface area contributed by atoms with Crippen molar-refractivity contribution in [1.29, 1.82) is 0 Å². The zero-order valence-corrected chi connectivity index (χ0v) is 13.8. The summed E-state index contributed by atoms with van der Waals surface area (Å²) in [5.41, 5.74) is 0. The molecule has 3 rings (SSSR count). The van der Waals surface area contributed by atoms with E-state index in [1.807, 2.05) is 17.4 Å². The highest BCUT2D eigenvalue weighted by molar-refractivity contribution is 7.19. The maximum atomic E-state index is 13.4. The Labute approximate surface area is 132 Å². The fourth-order valence-electron chi connectivity index (χ4n) is 2.42. The van der Waals surface area contributed by atoms with E-state index in [0.29, 0.717) is 0 Å². The SMILES string of the molecule is CCCNC(c1ccc(C)s1)c1cc2cc(F)ccc2s1. The lowest BCUT2D eigenvalue weighted by atomic mass is 10.1. The van der Waals surface area contributed by atoms with Crippen LogP contribution in [-0.4, -0.2) is 6.54 Å². The average Bonchev–Trinajstić information content (AvgIpc) is 3.05. The lowest BCUT2D eigenvalue weighted by molar-refractivity contribution is 0.613. The Morgan fingerprint density at radius 3 is 2.67 bits per heavy atom. The van der Waals surface area contributed by atoms with Crippen molar-refractivity contribution in [2.24, 2.45) is 0 Å². The van der Waals surface area contributed by atoms with E-state index < -0.39 is 0 Å². The molecule has 0 aliphatic rings. The van der Waals surface area contributed by atoms with E-state index in [1.54, 1.807) is 17.4 Å². The molecule has 0 saturated heterocycles. The second kappa shape index (κ2) is 6.26. The summed E-state index contributed by atoms with van der Waals surface area (Å²) in [6.07, 6.45) is 1.10. The van der Waals surface area contributed by atoms with E-state index in [0.717, 1.165) is 23.1 Å². The van der Waals surface area contributed by atoms with Crippen molar-refractivity contribution < 1.29 is 4.39 Å². The first kappa shape index (κ1) is 14.7. The number of hydrogen-bond acceptors (Lipinski definition) is 3. The monoisotopic (exact) mass is 319 g/mol. The lowest BCUT2D eigenvalue weighted by Crippen LogP contribution is -2.21. The summed E-state index contributed by atoms with van der Waals surface area (Å²) in [6.45, 7) is 5.28. The molecule has 21 heavy (non-hydrogen) atoms. The van der Waals surface area contributed by atoms with Crippen molar-refractivity contribution in [3.8, 4) is 0 Å². The minimum Gasteiger partial charge on any atom is -0.305 e. The zero-order valence-electron chi connectivity index (χ0n) is 12.2. The van der Waals surface area contributed by atoms with E-state index in [4.69, 9.17) is 0 Å². The van der Waals surface area contributed by atoms with Crippen LogP contribution in [0.1, 0.15) is 34.0 Å². The van der Waals surface area contributed by atoms with Crippen LogP contribution in [0, 0.1) is 12.7 Å². The van der Waals surface area contributed by atoms with Gasteiger partial charge in [0.2, 0.25) is 0 Å². The molecule has 0 spiro atoms. The molecule has 1 unspecified atom stereocenters. The van der Waals surface area contributed by atoms with Gasteiger partial charge in [0.15, 0.2) is 0 Å².